The highest BCUT2D eigenvalue weighted by atomic mass is 16.1. The molecule has 0 aliphatic heterocycles. The van der Waals surface area contributed by atoms with E-state index in [9.17, 15) is 4.79 Å². The third-order valence-corrected chi connectivity index (χ3v) is 2.83. The van der Waals surface area contributed by atoms with Gasteiger partial charge in [0.2, 0.25) is 0 Å². The molecule has 0 aromatic rings. The van der Waals surface area contributed by atoms with Gasteiger partial charge >= 0.3 is 0 Å². The van der Waals surface area contributed by atoms with Gasteiger partial charge in [-0.05, 0) is 18.3 Å². The Morgan fingerprint density at radius 3 is 2.20 bits per heavy atom. The minimum atomic E-state index is -0.00299. The maximum atomic E-state index is 11.0. The summed E-state index contributed by atoms with van der Waals surface area (Å²) in [5.41, 5.74) is 8.90. The van der Waals surface area contributed by atoms with Gasteiger partial charge < -0.3 is 0 Å². The monoisotopic (exact) mass is 200 g/mol. The molecule has 0 saturated heterocycles. The second-order valence-corrected chi connectivity index (χ2v) is 5.46. The van der Waals surface area contributed by atoms with Crippen LogP contribution in [0.4, 0.5) is 0 Å². The Labute approximate surface area is 90.9 Å². The first-order valence-corrected chi connectivity index (χ1v) is 5.45. The van der Waals surface area contributed by atoms with Crippen molar-refractivity contribution < 1.29 is 4.79 Å². The van der Waals surface area contributed by atoms with Crippen molar-refractivity contribution in [1.82, 2.24) is 0 Å². The molecule has 0 bridgehead atoms. The first-order valence-electron chi connectivity index (χ1n) is 5.45. The van der Waals surface area contributed by atoms with Gasteiger partial charge in [-0.15, -0.1) is 11.5 Å². The molecule has 0 aromatic heterocycles. The van der Waals surface area contributed by atoms with Crippen molar-refractivity contribution in [2.24, 2.45) is 11.3 Å². The van der Waals surface area contributed by atoms with Gasteiger partial charge in [0.05, 0.1) is 0 Å². The van der Waals surface area contributed by atoms with Crippen LogP contribution in [0.15, 0.2) is 34.8 Å². The molecule has 0 amide bonds. The fourth-order valence-electron chi connectivity index (χ4n) is 1.83. The second-order valence-electron chi connectivity index (χ2n) is 5.46. The normalized spacial score (nSPS) is 19.5. The van der Waals surface area contributed by atoms with E-state index >= 15 is 0 Å². The maximum Gasteiger partial charge on any atom is 0.193 e. The van der Waals surface area contributed by atoms with Crippen LogP contribution in [-0.2, 0) is 4.79 Å². The Bertz CT molecular complexity index is 398. The van der Waals surface area contributed by atoms with Crippen molar-refractivity contribution in [3.8, 4) is 0 Å². The maximum absolute atomic E-state index is 11.0. The molecule has 2 aliphatic rings. The zero-order valence-electron chi connectivity index (χ0n) is 9.55. The average Bonchev–Trinajstić information content (AvgIpc) is 2.80. The molecular weight excluding hydrogens is 184 g/mol. The van der Waals surface area contributed by atoms with Crippen molar-refractivity contribution in [3.05, 3.63) is 34.8 Å². The Morgan fingerprint density at radius 2 is 1.73 bits per heavy atom. The lowest BCUT2D eigenvalue weighted by atomic mass is 9.89. The van der Waals surface area contributed by atoms with Crippen molar-refractivity contribution in [1.29, 1.82) is 0 Å². The highest BCUT2D eigenvalue weighted by Gasteiger charge is 2.38. The van der Waals surface area contributed by atoms with E-state index in [-0.39, 0.29) is 5.78 Å². The van der Waals surface area contributed by atoms with Gasteiger partial charge in [0, 0.05) is 29.2 Å². The van der Waals surface area contributed by atoms with Gasteiger partial charge in [0.1, 0.15) is 0 Å². The fourth-order valence-corrected chi connectivity index (χ4v) is 1.83. The Balaban J connectivity index is 2.05. The fraction of sp³-hybridized carbons (Fsp3) is 0.500. The molecule has 0 spiro atoms. The number of rotatable bonds is 2. The van der Waals surface area contributed by atoms with Crippen LogP contribution in [0.2, 0.25) is 0 Å². The highest BCUT2D eigenvalue weighted by Crippen LogP contribution is 2.48. The van der Waals surface area contributed by atoms with Gasteiger partial charge in [-0.25, -0.2) is 0 Å². The summed E-state index contributed by atoms with van der Waals surface area (Å²) in [6, 6.07) is 0. The summed E-state index contributed by atoms with van der Waals surface area (Å²) in [6.45, 7) is 6.76. The van der Waals surface area contributed by atoms with E-state index < -0.39 is 0 Å². The van der Waals surface area contributed by atoms with Crippen LogP contribution in [0, 0.1) is 11.3 Å². The molecule has 1 saturated carbocycles. The Kier molecular flexibility index (Phi) is 2.31. The summed E-state index contributed by atoms with van der Waals surface area (Å²) >= 11 is 0. The summed E-state index contributed by atoms with van der Waals surface area (Å²) in [5.74, 6) is 0.515. The zero-order chi connectivity index (χ0) is 11.1. The summed E-state index contributed by atoms with van der Waals surface area (Å²) in [4.78, 5) is 11.0. The van der Waals surface area contributed by atoms with Crippen LogP contribution < -0.4 is 0 Å². The standard InChI is InChI=1S/C14H16O/c1-14(2,3)9-8-13-11-6-4-10(15)5-7-12(11)13/h4-5,13H,8-9H2,1-3H3. The predicted molar refractivity (Wildman–Crippen MR) is 60.4 cm³/mol. The largest absolute Gasteiger partial charge is 0.289 e. The molecule has 0 aromatic carbocycles. The molecule has 78 valence electrons. The number of allylic oxidation sites excluding steroid dienone is 2. The lowest BCUT2D eigenvalue weighted by Crippen LogP contribution is -2.04. The predicted octanol–water partition coefficient (Wildman–Crippen LogP) is 3.19. The molecule has 1 nitrogen and oxygen atoms in total. The van der Waals surface area contributed by atoms with E-state index in [1.54, 1.807) is 0 Å². The number of ketones is 1. The molecule has 0 unspecified atom stereocenters. The molecule has 0 radical (unpaired) electrons. The van der Waals surface area contributed by atoms with E-state index in [4.69, 9.17) is 0 Å². The van der Waals surface area contributed by atoms with E-state index in [0.717, 1.165) is 6.42 Å². The smallest absolute Gasteiger partial charge is 0.193 e. The summed E-state index contributed by atoms with van der Waals surface area (Å²) in [5, 5.41) is 0. The van der Waals surface area contributed by atoms with Crippen LogP contribution in [0.25, 0.3) is 0 Å². The van der Waals surface area contributed by atoms with Crippen LogP contribution in [0.1, 0.15) is 33.6 Å². The van der Waals surface area contributed by atoms with Crippen LogP contribution >= 0.6 is 0 Å². The zero-order valence-corrected chi connectivity index (χ0v) is 9.55. The van der Waals surface area contributed by atoms with Crippen molar-refractivity contribution in [3.63, 3.8) is 0 Å². The van der Waals surface area contributed by atoms with E-state index in [1.165, 1.54) is 29.7 Å². The van der Waals surface area contributed by atoms with Gasteiger partial charge in [-0.2, -0.15) is 0 Å². The van der Waals surface area contributed by atoms with E-state index in [1.807, 2.05) is 0 Å². The van der Waals surface area contributed by atoms with Gasteiger partial charge in [0.25, 0.3) is 0 Å². The minimum Gasteiger partial charge on any atom is -0.289 e. The lowest BCUT2D eigenvalue weighted by molar-refractivity contribution is -0.110. The molecular formula is C14H16O. The van der Waals surface area contributed by atoms with Gasteiger partial charge in [-0.3, -0.25) is 4.79 Å². The highest BCUT2D eigenvalue weighted by molar-refractivity contribution is 6.00. The van der Waals surface area contributed by atoms with Gasteiger partial charge in [-0.1, -0.05) is 20.8 Å². The number of carbonyl (C=O) groups excluding carboxylic acids is 1. The second kappa shape index (κ2) is 3.38. The summed E-state index contributed by atoms with van der Waals surface area (Å²) in [6.07, 6.45) is 5.39. The molecule has 0 N–H and O–H groups in total. The molecule has 2 aliphatic carbocycles. The van der Waals surface area contributed by atoms with Crippen molar-refractivity contribution >= 4 is 5.78 Å². The molecule has 1 fully saturated rings. The number of hydrogen-bond donors (Lipinski definition) is 0. The number of fused-ring (bicyclic) bond motifs is 1. The third kappa shape index (κ3) is 2.39. The molecule has 15 heavy (non-hydrogen) atoms. The van der Waals surface area contributed by atoms with Crippen LogP contribution in [0.3, 0.4) is 0 Å². The number of carbonyl (C=O) groups is 1. The van der Waals surface area contributed by atoms with Crippen LogP contribution in [-0.4, -0.2) is 5.78 Å². The molecule has 0 heterocycles. The Hall–Kier alpha value is -1.29. The quantitative estimate of drug-likeness (QED) is 0.626. The topological polar surface area (TPSA) is 17.1 Å². The first-order chi connectivity index (χ1) is 6.97. The van der Waals surface area contributed by atoms with Gasteiger partial charge in [0.15, 0.2) is 5.78 Å². The molecule has 0 atom stereocenters. The third-order valence-electron chi connectivity index (χ3n) is 2.83. The van der Waals surface area contributed by atoms with Crippen molar-refractivity contribution in [2.45, 2.75) is 33.6 Å². The van der Waals surface area contributed by atoms with Crippen molar-refractivity contribution in [2.75, 3.05) is 0 Å². The first kappa shape index (κ1) is 10.2. The molecule has 2 rings (SSSR count). The lowest BCUT2D eigenvalue weighted by Gasteiger charge is -2.16. The average molecular weight is 200 g/mol. The minimum absolute atomic E-state index is 0.00299. The van der Waals surface area contributed by atoms with Crippen LogP contribution in [0.5, 0.6) is 0 Å². The summed E-state index contributed by atoms with van der Waals surface area (Å²) < 4.78 is 0. The molecule has 1 heteroatoms. The van der Waals surface area contributed by atoms with E-state index in [2.05, 4.69) is 32.2 Å². The number of hydrogen-bond acceptors (Lipinski definition) is 1. The van der Waals surface area contributed by atoms with E-state index in [0.29, 0.717) is 11.3 Å². The Morgan fingerprint density at radius 1 is 1.20 bits per heavy atom. The SMILES string of the molecule is CC(C)(C)CCC1C2=C=CC(=O)C=C=C21. The summed E-state index contributed by atoms with van der Waals surface area (Å²) in [7, 11) is 0.